The SMILES string of the molecule is COC(=O)[C@H](CCCN=C(N)N)NC(=O)CCNCc1cc(-c2cc(Cl)cc(Cl)c2)nn1-c1ccc2ccccc2c1. The van der Waals surface area contributed by atoms with Gasteiger partial charge in [-0.3, -0.25) is 9.79 Å². The third-order valence-electron chi connectivity index (χ3n) is 6.52. The molecule has 3 aromatic carbocycles. The van der Waals surface area contributed by atoms with Gasteiger partial charge in [-0.25, -0.2) is 9.48 Å². The first-order chi connectivity index (χ1) is 20.2. The number of nitrogens with one attached hydrogen (secondary N) is 2. The molecule has 6 N–H and O–H groups in total. The van der Waals surface area contributed by atoms with Crippen LogP contribution in [-0.4, -0.2) is 53.9 Å². The molecule has 4 rings (SSSR count). The van der Waals surface area contributed by atoms with Gasteiger partial charge in [-0.15, -0.1) is 0 Å². The number of hydrogen-bond acceptors (Lipinski definition) is 6. The van der Waals surface area contributed by atoms with E-state index in [1.54, 1.807) is 6.07 Å². The average molecular weight is 611 g/mol. The fraction of sp³-hybridized carbons (Fsp3) is 0.267. The number of fused-ring (bicyclic) bond motifs is 1. The molecule has 0 saturated carbocycles. The number of rotatable bonds is 13. The summed E-state index contributed by atoms with van der Waals surface area (Å²) in [6.45, 7) is 1.15. The zero-order valence-corrected chi connectivity index (χ0v) is 24.7. The molecule has 1 amide bonds. The second kappa shape index (κ2) is 14.7. The summed E-state index contributed by atoms with van der Waals surface area (Å²) < 4.78 is 6.70. The average Bonchev–Trinajstić information content (AvgIpc) is 3.40. The van der Waals surface area contributed by atoms with Gasteiger partial charge in [-0.2, -0.15) is 5.10 Å². The van der Waals surface area contributed by atoms with Crippen molar-refractivity contribution in [2.75, 3.05) is 20.2 Å². The van der Waals surface area contributed by atoms with Crippen LogP contribution in [0.1, 0.15) is 25.0 Å². The van der Waals surface area contributed by atoms with Gasteiger partial charge in [0.25, 0.3) is 0 Å². The highest BCUT2D eigenvalue weighted by atomic mass is 35.5. The van der Waals surface area contributed by atoms with E-state index in [1.807, 2.05) is 41.1 Å². The third kappa shape index (κ3) is 8.45. The summed E-state index contributed by atoms with van der Waals surface area (Å²) in [7, 11) is 1.28. The first kappa shape index (κ1) is 30.8. The van der Waals surface area contributed by atoms with Gasteiger partial charge in [0.15, 0.2) is 5.96 Å². The van der Waals surface area contributed by atoms with Crippen molar-refractivity contribution in [3.63, 3.8) is 0 Å². The van der Waals surface area contributed by atoms with Crippen LogP contribution in [0.25, 0.3) is 27.7 Å². The molecular weight excluding hydrogens is 577 g/mol. The van der Waals surface area contributed by atoms with Crippen LogP contribution in [0, 0.1) is 0 Å². The Bertz CT molecular complexity index is 1560. The standard InChI is InChI=1S/C30H33Cl2N7O3/c1-42-29(41)26(7-4-11-36-30(33)34)37-28(40)10-12-35-18-25-17-27(21-13-22(31)16-23(32)14-21)38-39(25)24-9-8-19-5-2-3-6-20(19)15-24/h2-3,5-6,8-9,13-17,26,35H,4,7,10-12,18H2,1H3,(H,37,40)(H4,33,34,36)/t26-/m0/s1. The summed E-state index contributed by atoms with van der Waals surface area (Å²) in [5.74, 6) is -0.823. The largest absolute Gasteiger partial charge is 0.467 e. The van der Waals surface area contributed by atoms with Gasteiger partial charge in [0, 0.05) is 41.7 Å². The fourth-order valence-corrected chi connectivity index (χ4v) is 5.03. The number of nitrogens with zero attached hydrogens (tertiary/aromatic N) is 3. The molecule has 0 aliphatic rings. The van der Waals surface area contributed by atoms with E-state index in [0.717, 1.165) is 27.7 Å². The lowest BCUT2D eigenvalue weighted by Gasteiger charge is -2.16. The lowest BCUT2D eigenvalue weighted by Crippen LogP contribution is -2.42. The van der Waals surface area contributed by atoms with Crippen molar-refractivity contribution in [1.82, 2.24) is 20.4 Å². The van der Waals surface area contributed by atoms with Crippen LogP contribution in [-0.2, 0) is 20.9 Å². The van der Waals surface area contributed by atoms with Crippen LogP contribution >= 0.6 is 23.2 Å². The molecule has 0 fully saturated rings. The molecule has 1 atom stereocenters. The van der Waals surface area contributed by atoms with Gasteiger partial charge in [0.05, 0.1) is 24.2 Å². The quantitative estimate of drug-likeness (QED) is 0.0768. The molecule has 12 heteroatoms. The highest BCUT2D eigenvalue weighted by Crippen LogP contribution is 2.28. The van der Waals surface area contributed by atoms with E-state index in [2.05, 4.69) is 39.9 Å². The maximum Gasteiger partial charge on any atom is 0.328 e. The molecule has 10 nitrogen and oxygen atoms in total. The van der Waals surface area contributed by atoms with E-state index in [1.165, 1.54) is 7.11 Å². The highest BCUT2D eigenvalue weighted by molar-refractivity contribution is 6.35. The number of aliphatic imine (C=N–C) groups is 1. The number of methoxy groups -OCH3 is 1. The number of ether oxygens (including phenoxy) is 1. The van der Waals surface area contributed by atoms with Crippen LogP contribution in [0.3, 0.4) is 0 Å². The predicted octanol–water partition coefficient (Wildman–Crippen LogP) is 4.19. The van der Waals surface area contributed by atoms with Crippen LogP contribution in [0.5, 0.6) is 0 Å². The van der Waals surface area contributed by atoms with Crippen molar-refractivity contribution in [2.24, 2.45) is 16.5 Å². The second-order valence-electron chi connectivity index (χ2n) is 9.64. The molecule has 0 aliphatic carbocycles. The lowest BCUT2D eigenvalue weighted by molar-refractivity contribution is -0.145. The van der Waals surface area contributed by atoms with Gasteiger partial charge in [-0.05, 0) is 60.0 Å². The fourth-order valence-electron chi connectivity index (χ4n) is 4.50. The number of nitrogens with two attached hydrogens (primary N) is 2. The molecule has 0 saturated heterocycles. The monoisotopic (exact) mass is 609 g/mol. The molecule has 1 aromatic heterocycles. The number of carbonyl (C=O) groups is 2. The number of hydrogen-bond donors (Lipinski definition) is 4. The Balaban J connectivity index is 1.45. The van der Waals surface area contributed by atoms with E-state index >= 15 is 0 Å². The summed E-state index contributed by atoms with van der Waals surface area (Å²) in [6, 6.07) is 20.8. The summed E-state index contributed by atoms with van der Waals surface area (Å²) in [4.78, 5) is 28.7. The van der Waals surface area contributed by atoms with Crippen molar-refractivity contribution >= 4 is 51.8 Å². The Kier molecular flexibility index (Phi) is 10.8. The summed E-state index contributed by atoms with van der Waals surface area (Å²) in [5.41, 5.74) is 13.9. The Morgan fingerprint density at radius 1 is 1.02 bits per heavy atom. The molecule has 0 radical (unpaired) electrons. The smallest absolute Gasteiger partial charge is 0.328 e. The highest BCUT2D eigenvalue weighted by Gasteiger charge is 2.21. The van der Waals surface area contributed by atoms with E-state index in [4.69, 9.17) is 44.5 Å². The maximum atomic E-state index is 12.6. The predicted molar refractivity (Wildman–Crippen MR) is 167 cm³/mol. The van der Waals surface area contributed by atoms with Gasteiger partial charge >= 0.3 is 5.97 Å². The van der Waals surface area contributed by atoms with Crippen LogP contribution < -0.4 is 22.1 Å². The summed E-state index contributed by atoms with van der Waals surface area (Å²) in [5, 5.41) is 14.2. The third-order valence-corrected chi connectivity index (χ3v) is 6.96. The molecule has 1 heterocycles. The van der Waals surface area contributed by atoms with Crippen molar-refractivity contribution in [3.05, 3.63) is 82.5 Å². The summed E-state index contributed by atoms with van der Waals surface area (Å²) >= 11 is 12.5. The molecule has 4 aromatic rings. The minimum Gasteiger partial charge on any atom is -0.467 e. The topological polar surface area (TPSA) is 150 Å². The molecule has 0 bridgehead atoms. The van der Waals surface area contributed by atoms with Crippen LogP contribution in [0.15, 0.2) is 71.7 Å². The molecule has 42 heavy (non-hydrogen) atoms. The lowest BCUT2D eigenvalue weighted by atomic mass is 10.1. The van der Waals surface area contributed by atoms with Crippen LogP contribution in [0.2, 0.25) is 10.0 Å². The number of amides is 1. The van der Waals surface area contributed by atoms with Gasteiger partial charge in [-0.1, -0.05) is 53.5 Å². The Morgan fingerprint density at radius 2 is 1.76 bits per heavy atom. The first-order valence-electron chi connectivity index (χ1n) is 13.4. The maximum absolute atomic E-state index is 12.6. The van der Waals surface area contributed by atoms with Crippen molar-refractivity contribution in [3.8, 4) is 16.9 Å². The number of halogens is 2. The van der Waals surface area contributed by atoms with Gasteiger partial charge < -0.3 is 26.8 Å². The van der Waals surface area contributed by atoms with Crippen molar-refractivity contribution in [2.45, 2.75) is 31.8 Å². The Labute approximate surface area is 254 Å². The Morgan fingerprint density at radius 3 is 2.48 bits per heavy atom. The van der Waals surface area contributed by atoms with E-state index < -0.39 is 12.0 Å². The minimum atomic E-state index is -0.780. The van der Waals surface area contributed by atoms with Crippen LogP contribution in [0.4, 0.5) is 0 Å². The molecule has 0 aliphatic heterocycles. The number of aromatic nitrogens is 2. The van der Waals surface area contributed by atoms with E-state index in [9.17, 15) is 9.59 Å². The number of guanidine groups is 1. The molecule has 0 spiro atoms. The zero-order chi connectivity index (χ0) is 30.1. The van der Waals surface area contributed by atoms with Crippen molar-refractivity contribution in [1.29, 1.82) is 0 Å². The molecule has 220 valence electrons. The van der Waals surface area contributed by atoms with Gasteiger partial charge in [0.2, 0.25) is 5.91 Å². The Hall–Kier alpha value is -4.12. The summed E-state index contributed by atoms with van der Waals surface area (Å²) in [6.07, 6.45) is 1.02. The number of carbonyl (C=O) groups excluding carboxylic acids is 2. The molecular formula is C30H33Cl2N7O3. The second-order valence-corrected chi connectivity index (χ2v) is 10.5. The van der Waals surface area contributed by atoms with Gasteiger partial charge in [0.1, 0.15) is 6.04 Å². The first-order valence-corrected chi connectivity index (χ1v) is 14.2. The zero-order valence-electron chi connectivity index (χ0n) is 23.1. The van der Waals surface area contributed by atoms with E-state index in [-0.39, 0.29) is 18.3 Å². The van der Waals surface area contributed by atoms with E-state index in [0.29, 0.717) is 48.2 Å². The van der Waals surface area contributed by atoms with Crippen molar-refractivity contribution < 1.29 is 14.3 Å². The number of benzene rings is 3. The minimum absolute atomic E-state index is 0.0230. The molecule has 0 unspecified atom stereocenters. The normalized spacial score (nSPS) is 11.7. The number of esters is 1.